The van der Waals surface area contributed by atoms with Crippen molar-refractivity contribution in [1.82, 2.24) is 4.57 Å². The highest BCUT2D eigenvalue weighted by Gasteiger charge is 2.03. The number of amidine groups is 1. The molecule has 1 aromatic heterocycles. The van der Waals surface area contributed by atoms with Crippen LogP contribution in [0.5, 0.6) is 0 Å². The van der Waals surface area contributed by atoms with E-state index in [1.165, 1.54) is 4.57 Å². The normalized spacial score (nSPS) is 11.6. The molecule has 0 aliphatic heterocycles. The number of anilines is 1. The largest absolute Gasteiger partial charge is 0.340 e. The lowest BCUT2D eigenvalue weighted by molar-refractivity contribution is 0.858. The summed E-state index contributed by atoms with van der Waals surface area (Å²) in [5.41, 5.74) is 0.471. The van der Waals surface area contributed by atoms with Crippen molar-refractivity contribution in [1.29, 1.82) is 0 Å². The summed E-state index contributed by atoms with van der Waals surface area (Å²) in [5, 5.41) is 3.01. The Bertz CT molecular complexity index is 456. The van der Waals surface area contributed by atoms with Crippen LogP contribution in [0, 0.1) is 0 Å². The van der Waals surface area contributed by atoms with Crippen LogP contribution >= 0.6 is 38.5 Å². The molecule has 1 aromatic rings. The van der Waals surface area contributed by atoms with Crippen molar-refractivity contribution in [3.63, 3.8) is 0 Å². The van der Waals surface area contributed by atoms with E-state index in [0.717, 1.165) is 21.3 Å². The van der Waals surface area contributed by atoms with Gasteiger partial charge in [0.1, 0.15) is 5.69 Å². The van der Waals surface area contributed by atoms with Crippen molar-refractivity contribution in [3.8, 4) is 0 Å². The molecule has 0 saturated carbocycles. The molecule has 0 atom stereocenters. The molecule has 0 unspecified atom stereocenters. The van der Waals surface area contributed by atoms with E-state index >= 15 is 0 Å². The molecule has 1 heterocycles. The quantitative estimate of drug-likeness (QED) is 0.368. The van der Waals surface area contributed by atoms with Crippen LogP contribution in [0.15, 0.2) is 26.5 Å². The van der Waals surface area contributed by atoms with Gasteiger partial charge in [-0.15, -0.1) is 0 Å². The number of alkyl halides is 1. The molecule has 0 radical (unpaired) electrons. The number of hydrogen-bond acceptors (Lipinski definition) is 2. The first-order valence-electron chi connectivity index (χ1n) is 4.75. The van der Waals surface area contributed by atoms with Gasteiger partial charge >= 0.3 is 0 Å². The number of halogens is 2. The van der Waals surface area contributed by atoms with Crippen LogP contribution in [-0.4, -0.2) is 21.4 Å². The fourth-order valence-electron chi connectivity index (χ4n) is 1.20. The molecule has 6 heteroatoms. The summed E-state index contributed by atoms with van der Waals surface area (Å²) in [6.45, 7) is 2.61. The Morgan fingerprint density at radius 1 is 1.69 bits per heavy atom. The topological polar surface area (TPSA) is 46.4 Å². The summed E-state index contributed by atoms with van der Waals surface area (Å²) in [7, 11) is 1.72. The van der Waals surface area contributed by atoms with Gasteiger partial charge in [-0.2, -0.15) is 0 Å². The van der Waals surface area contributed by atoms with Crippen LogP contribution in [0.25, 0.3) is 0 Å². The van der Waals surface area contributed by atoms with Crippen molar-refractivity contribution < 1.29 is 0 Å². The Hall–Kier alpha value is -0.370. The summed E-state index contributed by atoms with van der Waals surface area (Å²) >= 11 is 5.61. The lowest BCUT2D eigenvalue weighted by Gasteiger charge is -2.07. The van der Waals surface area contributed by atoms with Crippen LogP contribution < -0.4 is 10.9 Å². The van der Waals surface area contributed by atoms with Crippen LogP contribution in [0.3, 0.4) is 0 Å². The highest BCUT2D eigenvalue weighted by Crippen LogP contribution is 2.11. The molecule has 0 fully saturated rings. The maximum atomic E-state index is 11.8. The Morgan fingerprint density at radius 2 is 2.38 bits per heavy atom. The van der Waals surface area contributed by atoms with Gasteiger partial charge in [0.25, 0.3) is 5.56 Å². The molecule has 0 aromatic carbocycles. The second kappa shape index (κ2) is 6.39. The number of nitrogens with zero attached hydrogens (tertiary/aromatic N) is 2. The average molecular weight is 398 g/mol. The van der Waals surface area contributed by atoms with Gasteiger partial charge in [-0.1, -0.05) is 22.6 Å². The van der Waals surface area contributed by atoms with Crippen LogP contribution in [0.4, 0.5) is 5.69 Å². The lowest BCUT2D eigenvalue weighted by Crippen LogP contribution is -2.22. The summed E-state index contributed by atoms with van der Waals surface area (Å²) in [5.74, 6) is 0.756. The van der Waals surface area contributed by atoms with Crippen molar-refractivity contribution in [2.45, 2.75) is 6.92 Å². The SMILES string of the molecule is C/C(=N\CCI)Nc1cc(Br)cn(C)c1=O. The summed E-state index contributed by atoms with van der Waals surface area (Å²) in [6.07, 6.45) is 1.73. The highest BCUT2D eigenvalue weighted by molar-refractivity contribution is 14.1. The average Bonchev–Trinajstić information content (AvgIpc) is 2.22. The molecule has 88 valence electrons. The first kappa shape index (κ1) is 13.7. The maximum absolute atomic E-state index is 11.8. The predicted octanol–water partition coefficient (Wildman–Crippen LogP) is 2.41. The van der Waals surface area contributed by atoms with E-state index < -0.39 is 0 Å². The number of hydrogen-bond donors (Lipinski definition) is 1. The van der Waals surface area contributed by atoms with Gasteiger partial charge in [-0.25, -0.2) is 0 Å². The zero-order chi connectivity index (χ0) is 12.1. The number of pyridine rings is 1. The van der Waals surface area contributed by atoms with Crippen LogP contribution in [0.1, 0.15) is 6.92 Å². The van der Waals surface area contributed by atoms with Gasteiger partial charge in [0.2, 0.25) is 0 Å². The molecular weight excluding hydrogens is 385 g/mol. The Kier molecular flexibility index (Phi) is 5.47. The third kappa shape index (κ3) is 3.89. The van der Waals surface area contributed by atoms with E-state index in [-0.39, 0.29) is 5.56 Å². The van der Waals surface area contributed by atoms with E-state index in [1.54, 1.807) is 19.3 Å². The number of aromatic nitrogens is 1. The van der Waals surface area contributed by atoms with Crippen molar-refractivity contribution in [2.24, 2.45) is 12.0 Å². The molecule has 1 N–H and O–H groups in total. The Morgan fingerprint density at radius 3 is 3.00 bits per heavy atom. The molecular formula is C10H13BrIN3O. The van der Waals surface area contributed by atoms with Gasteiger partial charge < -0.3 is 9.88 Å². The first-order chi connectivity index (χ1) is 7.54. The molecule has 0 aliphatic rings. The third-order valence-electron chi connectivity index (χ3n) is 1.90. The van der Waals surface area contributed by atoms with Gasteiger partial charge in [0.05, 0.1) is 5.84 Å². The Balaban J connectivity index is 2.93. The van der Waals surface area contributed by atoms with E-state index in [0.29, 0.717) is 5.69 Å². The first-order valence-corrected chi connectivity index (χ1v) is 7.06. The number of aliphatic imine (C=N–C) groups is 1. The molecule has 0 aliphatic carbocycles. The molecule has 4 nitrogen and oxygen atoms in total. The lowest BCUT2D eigenvalue weighted by atomic mass is 10.4. The minimum atomic E-state index is -0.0628. The molecule has 0 amide bonds. The number of rotatable bonds is 3. The van der Waals surface area contributed by atoms with E-state index in [9.17, 15) is 4.79 Å². The third-order valence-corrected chi connectivity index (χ3v) is 2.82. The molecule has 0 bridgehead atoms. The van der Waals surface area contributed by atoms with E-state index in [2.05, 4.69) is 48.8 Å². The minimum Gasteiger partial charge on any atom is -0.340 e. The van der Waals surface area contributed by atoms with Gasteiger partial charge in [0.15, 0.2) is 0 Å². The van der Waals surface area contributed by atoms with E-state index in [1.807, 2.05) is 6.92 Å². The second-order valence-corrected chi connectivity index (χ2v) is 5.26. The summed E-state index contributed by atoms with van der Waals surface area (Å²) < 4.78 is 3.35. The second-order valence-electron chi connectivity index (χ2n) is 3.27. The summed E-state index contributed by atoms with van der Waals surface area (Å²) in [4.78, 5) is 16.0. The standard InChI is InChI=1S/C10H13BrIN3O/c1-7(13-4-3-12)14-9-5-8(11)6-15(2)10(9)16/h5-6H,3-4H2,1-2H3,(H,13,14). The molecule has 1 rings (SSSR count). The Labute approximate surface area is 116 Å². The monoisotopic (exact) mass is 397 g/mol. The maximum Gasteiger partial charge on any atom is 0.274 e. The van der Waals surface area contributed by atoms with Gasteiger partial charge in [-0.05, 0) is 28.9 Å². The van der Waals surface area contributed by atoms with Crippen molar-refractivity contribution in [2.75, 3.05) is 16.3 Å². The smallest absolute Gasteiger partial charge is 0.274 e. The van der Waals surface area contributed by atoms with Crippen LogP contribution in [0.2, 0.25) is 0 Å². The zero-order valence-electron chi connectivity index (χ0n) is 9.13. The number of aryl methyl sites for hydroxylation is 1. The molecule has 0 saturated heterocycles. The molecule has 16 heavy (non-hydrogen) atoms. The highest BCUT2D eigenvalue weighted by atomic mass is 127. The fourth-order valence-corrected chi connectivity index (χ4v) is 1.98. The number of nitrogens with one attached hydrogen (secondary N) is 1. The van der Waals surface area contributed by atoms with E-state index in [4.69, 9.17) is 0 Å². The minimum absolute atomic E-state index is 0.0628. The molecule has 0 spiro atoms. The van der Waals surface area contributed by atoms with Gasteiger partial charge in [0, 0.05) is 28.7 Å². The summed E-state index contributed by atoms with van der Waals surface area (Å²) in [6, 6.07) is 1.76. The van der Waals surface area contributed by atoms with Crippen LogP contribution in [-0.2, 0) is 7.05 Å². The fraction of sp³-hybridized carbons (Fsp3) is 0.400. The zero-order valence-corrected chi connectivity index (χ0v) is 12.9. The van der Waals surface area contributed by atoms with Gasteiger partial charge in [-0.3, -0.25) is 9.79 Å². The predicted molar refractivity (Wildman–Crippen MR) is 79.9 cm³/mol. The van der Waals surface area contributed by atoms with Crippen molar-refractivity contribution >= 4 is 50.0 Å². The van der Waals surface area contributed by atoms with Crippen molar-refractivity contribution in [3.05, 3.63) is 27.1 Å².